The summed E-state index contributed by atoms with van der Waals surface area (Å²) >= 11 is 0. The fourth-order valence-corrected chi connectivity index (χ4v) is 0.849. The lowest BCUT2D eigenvalue weighted by atomic mass is 10.1. The van der Waals surface area contributed by atoms with Gasteiger partial charge in [0.25, 0.3) is 0 Å². The van der Waals surface area contributed by atoms with Gasteiger partial charge in [0.2, 0.25) is 5.91 Å². The first kappa shape index (κ1) is 11.4. The number of methoxy groups -OCH3 is 1. The summed E-state index contributed by atoms with van der Waals surface area (Å²) < 4.78 is 4.80. The Labute approximate surface area is 73.7 Å². The first-order chi connectivity index (χ1) is 5.72. The quantitative estimate of drug-likeness (QED) is 0.539. The Morgan fingerprint density at radius 1 is 1.58 bits per heavy atom. The van der Waals surface area contributed by atoms with Gasteiger partial charge in [0.1, 0.15) is 0 Å². The molecule has 1 atom stereocenters. The van der Waals surface area contributed by atoms with Crippen molar-refractivity contribution in [2.45, 2.75) is 6.92 Å². The molecule has 0 aromatic carbocycles. The van der Waals surface area contributed by atoms with Gasteiger partial charge in [-0.15, -0.1) is 0 Å². The Morgan fingerprint density at radius 2 is 2.25 bits per heavy atom. The van der Waals surface area contributed by atoms with Crippen LogP contribution in [0.2, 0.25) is 0 Å². The summed E-state index contributed by atoms with van der Waals surface area (Å²) in [7, 11) is 3.45. The molecule has 0 spiro atoms. The van der Waals surface area contributed by atoms with Crippen molar-refractivity contribution in [3.8, 4) is 0 Å². The van der Waals surface area contributed by atoms with Gasteiger partial charge >= 0.3 is 0 Å². The van der Waals surface area contributed by atoms with Gasteiger partial charge in [0, 0.05) is 26.1 Å². The predicted molar refractivity (Wildman–Crippen MR) is 48.0 cm³/mol. The second-order valence-corrected chi connectivity index (χ2v) is 2.74. The van der Waals surface area contributed by atoms with Crippen molar-refractivity contribution in [3.05, 3.63) is 0 Å². The fourth-order valence-electron chi connectivity index (χ4n) is 0.849. The van der Waals surface area contributed by atoms with E-state index in [0.29, 0.717) is 19.7 Å². The number of amides is 1. The van der Waals surface area contributed by atoms with Crippen LogP contribution in [0.5, 0.6) is 0 Å². The van der Waals surface area contributed by atoms with E-state index in [0.717, 1.165) is 0 Å². The average Bonchev–Trinajstić information content (AvgIpc) is 2.05. The molecule has 0 saturated carbocycles. The highest BCUT2D eigenvalue weighted by atomic mass is 16.5. The first-order valence-corrected chi connectivity index (χ1v) is 4.13. The normalized spacial score (nSPS) is 12.6. The topological polar surface area (TPSA) is 50.4 Å². The van der Waals surface area contributed by atoms with Crippen LogP contribution in [0.15, 0.2) is 0 Å². The Bertz CT molecular complexity index is 128. The van der Waals surface area contributed by atoms with E-state index < -0.39 is 0 Å². The summed E-state index contributed by atoms with van der Waals surface area (Å²) in [6.07, 6.45) is 0. The molecule has 0 aromatic rings. The maximum Gasteiger partial charge on any atom is 0.224 e. The molecule has 72 valence electrons. The average molecular weight is 174 g/mol. The van der Waals surface area contributed by atoms with Crippen molar-refractivity contribution < 1.29 is 9.53 Å². The molecule has 0 fully saturated rings. The number of hydrogen-bond donors (Lipinski definition) is 2. The van der Waals surface area contributed by atoms with Crippen LogP contribution in [0.25, 0.3) is 0 Å². The lowest BCUT2D eigenvalue weighted by Crippen LogP contribution is -2.35. The highest BCUT2D eigenvalue weighted by molar-refractivity contribution is 5.78. The molecule has 0 rings (SSSR count). The molecule has 0 radical (unpaired) electrons. The minimum Gasteiger partial charge on any atom is -0.383 e. The molecule has 4 heteroatoms. The molecule has 0 heterocycles. The zero-order chi connectivity index (χ0) is 9.40. The maximum absolute atomic E-state index is 11.2. The van der Waals surface area contributed by atoms with Crippen LogP contribution >= 0.6 is 0 Å². The third-order valence-electron chi connectivity index (χ3n) is 1.56. The van der Waals surface area contributed by atoms with E-state index >= 15 is 0 Å². The zero-order valence-corrected chi connectivity index (χ0v) is 8.02. The Hall–Kier alpha value is -0.610. The number of rotatable bonds is 6. The summed E-state index contributed by atoms with van der Waals surface area (Å²) in [5.41, 5.74) is 0. The summed E-state index contributed by atoms with van der Waals surface area (Å²) in [5, 5.41) is 5.71. The second kappa shape index (κ2) is 7.06. The highest BCUT2D eigenvalue weighted by Crippen LogP contribution is 1.90. The zero-order valence-electron chi connectivity index (χ0n) is 8.02. The maximum atomic E-state index is 11.2. The summed E-state index contributed by atoms with van der Waals surface area (Å²) in [6.45, 7) is 3.75. The molecule has 1 amide bonds. The van der Waals surface area contributed by atoms with Crippen LogP contribution in [0.1, 0.15) is 6.92 Å². The standard InChI is InChI=1S/C8H18N2O2/c1-7(6-9-2)8(11)10-4-5-12-3/h7,9H,4-6H2,1-3H3,(H,10,11). The van der Waals surface area contributed by atoms with Gasteiger partial charge in [-0.2, -0.15) is 0 Å². The van der Waals surface area contributed by atoms with Crippen LogP contribution in [0.4, 0.5) is 0 Å². The van der Waals surface area contributed by atoms with Gasteiger partial charge in [-0.3, -0.25) is 4.79 Å². The van der Waals surface area contributed by atoms with E-state index in [1.807, 2.05) is 14.0 Å². The number of carbonyl (C=O) groups is 1. The van der Waals surface area contributed by atoms with Gasteiger partial charge in [-0.05, 0) is 7.05 Å². The molecule has 0 aliphatic rings. The van der Waals surface area contributed by atoms with Crippen LogP contribution in [0, 0.1) is 5.92 Å². The molecule has 0 aliphatic heterocycles. The van der Waals surface area contributed by atoms with E-state index in [1.54, 1.807) is 7.11 Å². The molecule has 2 N–H and O–H groups in total. The Morgan fingerprint density at radius 3 is 2.75 bits per heavy atom. The molecule has 1 unspecified atom stereocenters. The molecule has 0 aliphatic carbocycles. The Kier molecular flexibility index (Phi) is 6.70. The van der Waals surface area contributed by atoms with E-state index in [-0.39, 0.29) is 11.8 Å². The van der Waals surface area contributed by atoms with Crippen molar-refractivity contribution in [1.82, 2.24) is 10.6 Å². The second-order valence-electron chi connectivity index (χ2n) is 2.74. The van der Waals surface area contributed by atoms with Crippen LogP contribution in [-0.4, -0.2) is 39.8 Å². The Balaban J connectivity index is 3.43. The number of ether oxygens (including phenoxy) is 1. The highest BCUT2D eigenvalue weighted by Gasteiger charge is 2.09. The minimum absolute atomic E-state index is 0.0202. The van der Waals surface area contributed by atoms with Crippen molar-refractivity contribution in [2.75, 3.05) is 33.9 Å². The monoisotopic (exact) mass is 174 g/mol. The number of carbonyl (C=O) groups excluding carboxylic acids is 1. The first-order valence-electron chi connectivity index (χ1n) is 4.13. The van der Waals surface area contributed by atoms with E-state index in [1.165, 1.54) is 0 Å². The summed E-state index contributed by atoms with van der Waals surface area (Å²) in [4.78, 5) is 11.2. The third-order valence-corrected chi connectivity index (χ3v) is 1.56. The molecule has 12 heavy (non-hydrogen) atoms. The fraction of sp³-hybridized carbons (Fsp3) is 0.875. The van der Waals surface area contributed by atoms with Gasteiger partial charge in [-0.1, -0.05) is 6.92 Å². The number of hydrogen-bond acceptors (Lipinski definition) is 3. The molecule has 0 aromatic heterocycles. The van der Waals surface area contributed by atoms with Crippen molar-refractivity contribution in [2.24, 2.45) is 5.92 Å². The van der Waals surface area contributed by atoms with E-state index in [2.05, 4.69) is 10.6 Å². The smallest absolute Gasteiger partial charge is 0.224 e. The molecule has 4 nitrogen and oxygen atoms in total. The molecular weight excluding hydrogens is 156 g/mol. The van der Waals surface area contributed by atoms with Crippen molar-refractivity contribution in [1.29, 1.82) is 0 Å². The van der Waals surface area contributed by atoms with Crippen LogP contribution in [0.3, 0.4) is 0 Å². The van der Waals surface area contributed by atoms with Gasteiger partial charge in [0.15, 0.2) is 0 Å². The molecule has 0 bridgehead atoms. The van der Waals surface area contributed by atoms with E-state index in [4.69, 9.17) is 4.74 Å². The lowest BCUT2D eigenvalue weighted by molar-refractivity contribution is -0.124. The lowest BCUT2D eigenvalue weighted by Gasteiger charge is -2.10. The van der Waals surface area contributed by atoms with Gasteiger partial charge in [-0.25, -0.2) is 0 Å². The van der Waals surface area contributed by atoms with Crippen molar-refractivity contribution in [3.63, 3.8) is 0 Å². The predicted octanol–water partition coefficient (Wildman–Crippen LogP) is -0.395. The number of nitrogens with one attached hydrogen (secondary N) is 2. The SMILES string of the molecule is CNCC(C)C(=O)NCCOC. The third kappa shape index (κ3) is 5.09. The largest absolute Gasteiger partial charge is 0.383 e. The molecule has 0 saturated heterocycles. The van der Waals surface area contributed by atoms with Gasteiger partial charge in [0.05, 0.1) is 6.61 Å². The molecular formula is C8H18N2O2. The summed E-state index contributed by atoms with van der Waals surface area (Å²) in [6, 6.07) is 0. The summed E-state index contributed by atoms with van der Waals surface area (Å²) in [5.74, 6) is 0.0910. The van der Waals surface area contributed by atoms with Gasteiger partial charge < -0.3 is 15.4 Å². The minimum atomic E-state index is 0.0202. The van der Waals surface area contributed by atoms with Crippen molar-refractivity contribution >= 4 is 5.91 Å². The van der Waals surface area contributed by atoms with Crippen LogP contribution < -0.4 is 10.6 Å². The van der Waals surface area contributed by atoms with E-state index in [9.17, 15) is 4.79 Å². The van der Waals surface area contributed by atoms with Crippen LogP contribution in [-0.2, 0) is 9.53 Å².